The van der Waals surface area contributed by atoms with Gasteiger partial charge < -0.3 is 9.47 Å². The van der Waals surface area contributed by atoms with Crippen LogP contribution in [0.3, 0.4) is 0 Å². The highest BCUT2D eigenvalue weighted by molar-refractivity contribution is 7.92. The third-order valence-corrected chi connectivity index (χ3v) is 4.97. The number of rotatable bonds is 6. The van der Waals surface area contributed by atoms with Crippen molar-refractivity contribution in [3.8, 4) is 0 Å². The summed E-state index contributed by atoms with van der Waals surface area (Å²) in [5, 5.41) is 0. The molecule has 0 aliphatic heterocycles. The van der Waals surface area contributed by atoms with Crippen molar-refractivity contribution in [1.29, 1.82) is 0 Å². The first-order chi connectivity index (χ1) is 11.4. The number of nitrogens with one attached hydrogen (secondary N) is 1. The highest BCUT2D eigenvalue weighted by Crippen LogP contribution is 2.23. The standard InChI is InChI=1S/C17H19NO5S/c1-12-10-13(17(19)23-3)8-9-16(12)24(20,21)18-15-7-5-4-6-14(15)11-22-2/h4-10,18H,11H2,1-3H3. The van der Waals surface area contributed by atoms with E-state index in [2.05, 4.69) is 9.46 Å². The Hall–Kier alpha value is -2.38. The summed E-state index contributed by atoms with van der Waals surface area (Å²) < 4.78 is 37.6. The molecule has 0 saturated carbocycles. The number of carbonyl (C=O) groups is 1. The monoisotopic (exact) mass is 349 g/mol. The van der Waals surface area contributed by atoms with Gasteiger partial charge in [0.25, 0.3) is 10.0 Å². The van der Waals surface area contributed by atoms with Gasteiger partial charge in [0.2, 0.25) is 0 Å². The molecule has 6 nitrogen and oxygen atoms in total. The number of sulfonamides is 1. The number of para-hydroxylation sites is 1. The van der Waals surface area contributed by atoms with Crippen molar-refractivity contribution >= 4 is 21.7 Å². The minimum absolute atomic E-state index is 0.0994. The number of methoxy groups -OCH3 is 2. The Labute approximate surface area is 141 Å². The van der Waals surface area contributed by atoms with Gasteiger partial charge in [0.05, 0.1) is 29.9 Å². The van der Waals surface area contributed by atoms with E-state index in [1.807, 2.05) is 6.07 Å². The predicted octanol–water partition coefficient (Wildman–Crippen LogP) is 2.73. The van der Waals surface area contributed by atoms with Crippen LogP contribution in [0.5, 0.6) is 0 Å². The number of anilines is 1. The van der Waals surface area contributed by atoms with Gasteiger partial charge in [-0.25, -0.2) is 13.2 Å². The van der Waals surface area contributed by atoms with E-state index in [1.165, 1.54) is 25.3 Å². The van der Waals surface area contributed by atoms with Gasteiger partial charge in [-0.05, 0) is 36.8 Å². The van der Waals surface area contributed by atoms with Crippen LogP contribution in [-0.4, -0.2) is 28.6 Å². The molecule has 0 aromatic heterocycles. The van der Waals surface area contributed by atoms with Crippen molar-refractivity contribution in [3.63, 3.8) is 0 Å². The smallest absolute Gasteiger partial charge is 0.337 e. The van der Waals surface area contributed by atoms with Gasteiger partial charge in [0, 0.05) is 12.7 Å². The summed E-state index contributed by atoms with van der Waals surface area (Å²) in [4.78, 5) is 11.6. The number of carbonyl (C=O) groups excluding carboxylic acids is 1. The summed E-state index contributed by atoms with van der Waals surface area (Å²) >= 11 is 0. The van der Waals surface area contributed by atoms with E-state index in [0.717, 1.165) is 5.56 Å². The molecule has 7 heteroatoms. The van der Waals surface area contributed by atoms with E-state index in [-0.39, 0.29) is 4.90 Å². The Bertz CT molecular complexity index is 846. The quantitative estimate of drug-likeness (QED) is 0.811. The number of aryl methyl sites for hydroxylation is 1. The molecule has 2 aromatic rings. The lowest BCUT2D eigenvalue weighted by Gasteiger charge is -2.14. The number of benzene rings is 2. The van der Waals surface area contributed by atoms with Crippen LogP contribution in [0.25, 0.3) is 0 Å². The van der Waals surface area contributed by atoms with E-state index in [0.29, 0.717) is 23.4 Å². The number of hydrogen-bond acceptors (Lipinski definition) is 5. The molecule has 0 bridgehead atoms. The lowest BCUT2D eigenvalue weighted by atomic mass is 10.1. The second kappa shape index (κ2) is 7.46. The van der Waals surface area contributed by atoms with Crippen molar-refractivity contribution in [1.82, 2.24) is 0 Å². The highest BCUT2D eigenvalue weighted by atomic mass is 32.2. The Kier molecular flexibility index (Phi) is 5.58. The summed E-state index contributed by atoms with van der Waals surface area (Å²) in [6.07, 6.45) is 0. The minimum atomic E-state index is -3.79. The second-order valence-corrected chi connectivity index (χ2v) is 6.82. The average molecular weight is 349 g/mol. The fourth-order valence-electron chi connectivity index (χ4n) is 2.30. The van der Waals surface area contributed by atoms with Gasteiger partial charge in [-0.3, -0.25) is 4.72 Å². The highest BCUT2D eigenvalue weighted by Gasteiger charge is 2.19. The van der Waals surface area contributed by atoms with Crippen LogP contribution in [0.2, 0.25) is 0 Å². The molecule has 0 spiro atoms. The van der Waals surface area contributed by atoms with Crippen molar-refractivity contribution in [2.24, 2.45) is 0 Å². The van der Waals surface area contributed by atoms with Crippen LogP contribution in [-0.2, 0) is 26.1 Å². The normalized spacial score (nSPS) is 11.1. The maximum Gasteiger partial charge on any atom is 0.337 e. The first-order valence-electron chi connectivity index (χ1n) is 7.17. The third-order valence-electron chi connectivity index (χ3n) is 3.45. The summed E-state index contributed by atoms with van der Waals surface area (Å²) in [6, 6.07) is 11.3. The first-order valence-corrected chi connectivity index (χ1v) is 8.66. The largest absolute Gasteiger partial charge is 0.465 e. The molecule has 0 heterocycles. The fourth-order valence-corrected chi connectivity index (χ4v) is 3.63. The Morgan fingerprint density at radius 1 is 1.12 bits per heavy atom. The zero-order chi connectivity index (χ0) is 17.7. The summed E-state index contributed by atoms with van der Waals surface area (Å²) in [5.41, 5.74) is 1.94. The maximum atomic E-state index is 12.7. The van der Waals surface area contributed by atoms with Gasteiger partial charge in [-0.1, -0.05) is 18.2 Å². The van der Waals surface area contributed by atoms with Crippen molar-refractivity contribution in [3.05, 3.63) is 59.2 Å². The molecule has 0 fully saturated rings. The summed E-state index contributed by atoms with van der Waals surface area (Å²) in [5.74, 6) is -0.513. The van der Waals surface area contributed by atoms with Gasteiger partial charge in [-0.15, -0.1) is 0 Å². The van der Waals surface area contributed by atoms with E-state index in [1.54, 1.807) is 32.2 Å². The molecule has 0 atom stereocenters. The zero-order valence-electron chi connectivity index (χ0n) is 13.7. The van der Waals surface area contributed by atoms with Gasteiger partial charge in [-0.2, -0.15) is 0 Å². The molecule has 0 aliphatic carbocycles. The molecule has 1 N–H and O–H groups in total. The number of hydrogen-bond donors (Lipinski definition) is 1. The van der Waals surface area contributed by atoms with Crippen LogP contribution in [0.1, 0.15) is 21.5 Å². The minimum Gasteiger partial charge on any atom is -0.465 e. The Morgan fingerprint density at radius 2 is 1.83 bits per heavy atom. The lowest BCUT2D eigenvalue weighted by Crippen LogP contribution is -2.16. The molecular weight excluding hydrogens is 330 g/mol. The van der Waals surface area contributed by atoms with Gasteiger partial charge >= 0.3 is 5.97 Å². The molecule has 0 saturated heterocycles. The Balaban J connectivity index is 2.36. The fraction of sp³-hybridized carbons (Fsp3) is 0.235. The lowest BCUT2D eigenvalue weighted by molar-refractivity contribution is 0.0600. The second-order valence-electron chi connectivity index (χ2n) is 5.17. The van der Waals surface area contributed by atoms with Crippen molar-refractivity contribution in [2.75, 3.05) is 18.9 Å². The van der Waals surface area contributed by atoms with Crippen molar-refractivity contribution < 1.29 is 22.7 Å². The summed E-state index contributed by atoms with van der Waals surface area (Å²) in [6.45, 7) is 1.92. The molecule has 0 aliphatic rings. The molecule has 0 radical (unpaired) electrons. The van der Waals surface area contributed by atoms with Crippen LogP contribution < -0.4 is 4.72 Å². The maximum absolute atomic E-state index is 12.7. The van der Waals surface area contributed by atoms with Crippen LogP contribution in [0, 0.1) is 6.92 Å². The molecule has 2 rings (SSSR count). The van der Waals surface area contributed by atoms with Crippen LogP contribution >= 0.6 is 0 Å². The van der Waals surface area contributed by atoms with E-state index in [4.69, 9.17) is 4.74 Å². The predicted molar refractivity (Wildman–Crippen MR) is 90.5 cm³/mol. The van der Waals surface area contributed by atoms with Gasteiger partial charge in [0.15, 0.2) is 0 Å². The molecule has 0 unspecified atom stereocenters. The van der Waals surface area contributed by atoms with E-state index in [9.17, 15) is 13.2 Å². The topological polar surface area (TPSA) is 81.7 Å². The third kappa shape index (κ3) is 3.93. The van der Waals surface area contributed by atoms with Crippen molar-refractivity contribution in [2.45, 2.75) is 18.4 Å². The number of esters is 1. The van der Waals surface area contributed by atoms with Crippen LogP contribution in [0.15, 0.2) is 47.4 Å². The van der Waals surface area contributed by atoms with E-state index >= 15 is 0 Å². The molecule has 128 valence electrons. The van der Waals surface area contributed by atoms with Gasteiger partial charge in [0.1, 0.15) is 0 Å². The average Bonchev–Trinajstić information content (AvgIpc) is 2.55. The molecule has 2 aromatic carbocycles. The van der Waals surface area contributed by atoms with Crippen LogP contribution in [0.4, 0.5) is 5.69 Å². The molecule has 0 amide bonds. The molecule has 24 heavy (non-hydrogen) atoms. The zero-order valence-corrected chi connectivity index (χ0v) is 14.5. The molecular formula is C17H19NO5S. The summed E-state index contributed by atoms with van der Waals surface area (Å²) in [7, 11) is -0.975. The van der Waals surface area contributed by atoms with E-state index < -0.39 is 16.0 Å². The first kappa shape index (κ1) is 18.0. The number of ether oxygens (including phenoxy) is 2. The SMILES string of the molecule is COCc1ccccc1NS(=O)(=O)c1ccc(C(=O)OC)cc1C. The Morgan fingerprint density at radius 3 is 2.46 bits per heavy atom.